The highest BCUT2D eigenvalue weighted by Crippen LogP contribution is 2.17. The molecule has 2 atom stereocenters. The molecule has 104 valence electrons. The number of hydrogen-bond donors (Lipinski definition) is 2. The van der Waals surface area contributed by atoms with E-state index in [0.29, 0.717) is 0 Å². The fourth-order valence-corrected chi connectivity index (χ4v) is 3.34. The van der Waals surface area contributed by atoms with Crippen molar-refractivity contribution in [1.29, 1.82) is 0 Å². The monoisotopic (exact) mass is 295 g/mol. The Morgan fingerprint density at radius 1 is 1.56 bits per heavy atom. The predicted molar refractivity (Wildman–Crippen MR) is 71.8 cm³/mol. The minimum absolute atomic E-state index is 0.110. The first-order valence-electron chi connectivity index (χ1n) is 5.41. The van der Waals surface area contributed by atoms with E-state index in [0.717, 1.165) is 0 Å². The van der Waals surface area contributed by atoms with Gasteiger partial charge in [0.05, 0.1) is 5.88 Å². The molecule has 0 radical (unpaired) electrons. The normalized spacial score (nSPS) is 22.3. The quantitative estimate of drug-likeness (QED) is 0.738. The second kappa shape index (κ2) is 5.56. The number of rotatable bonds is 4. The average Bonchev–Trinajstić information content (AvgIpc) is 2.25. The van der Waals surface area contributed by atoms with E-state index < -0.39 is 27.3 Å². The molecule has 0 aromatic heterocycles. The molecule has 0 aliphatic carbocycles. The molecule has 0 amide bonds. The molecule has 2 N–H and O–H groups in total. The van der Waals surface area contributed by atoms with Gasteiger partial charge in [-0.2, -0.15) is 0 Å². The molecular formula is C10H18ClN3O3S. The lowest BCUT2D eigenvalue weighted by Crippen LogP contribution is -2.53. The van der Waals surface area contributed by atoms with Gasteiger partial charge in [0.2, 0.25) is 5.50 Å². The van der Waals surface area contributed by atoms with Crippen LogP contribution in [0.25, 0.3) is 0 Å². The zero-order valence-electron chi connectivity index (χ0n) is 10.5. The highest BCUT2D eigenvalue weighted by atomic mass is 35.5. The molecule has 0 bridgehead atoms. The number of allylic oxidation sites excluding steroid dienone is 1. The number of nitrogens with one attached hydrogen (secondary N) is 1. The van der Waals surface area contributed by atoms with Gasteiger partial charge in [-0.3, -0.25) is 4.99 Å². The van der Waals surface area contributed by atoms with Gasteiger partial charge in [0.25, 0.3) is 10.0 Å². The Balaban J connectivity index is 2.99. The van der Waals surface area contributed by atoms with Gasteiger partial charge in [-0.05, 0) is 26.8 Å². The standard InChI is InChI=1S/C10H18ClN3O3S/c1-10(2,3)13-18(16,17)9-12-5-4-6-14(9)8(15)7-11/h4-6,8-9,13,15H,7H2,1-3H3. The van der Waals surface area contributed by atoms with Crippen LogP contribution in [0.2, 0.25) is 0 Å². The van der Waals surface area contributed by atoms with E-state index in [-0.39, 0.29) is 5.88 Å². The molecule has 0 saturated heterocycles. The summed E-state index contributed by atoms with van der Waals surface area (Å²) in [5.41, 5.74) is -1.83. The van der Waals surface area contributed by atoms with Crippen molar-refractivity contribution in [3.8, 4) is 0 Å². The Labute approximate surface area is 112 Å². The highest BCUT2D eigenvalue weighted by molar-refractivity contribution is 7.90. The number of nitrogens with zero attached hydrogens (tertiary/aromatic N) is 2. The van der Waals surface area contributed by atoms with Crippen LogP contribution < -0.4 is 4.72 Å². The number of aliphatic hydroxyl groups is 1. The molecule has 0 aromatic carbocycles. The van der Waals surface area contributed by atoms with Gasteiger partial charge in [-0.25, -0.2) is 13.1 Å². The topological polar surface area (TPSA) is 82.0 Å². The fourth-order valence-electron chi connectivity index (χ4n) is 1.46. The summed E-state index contributed by atoms with van der Waals surface area (Å²) < 4.78 is 26.9. The van der Waals surface area contributed by atoms with Crippen LogP contribution in [0.15, 0.2) is 17.3 Å². The van der Waals surface area contributed by atoms with Crippen LogP contribution in [0.1, 0.15) is 20.8 Å². The summed E-state index contributed by atoms with van der Waals surface area (Å²) in [6, 6.07) is 0. The first kappa shape index (κ1) is 15.4. The number of alkyl halides is 1. The third-order valence-corrected chi connectivity index (χ3v) is 4.11. The summed E-state index contributed by atoms with van der Waals surface area (Å²) in [6.45, 7) is 5.19. The zero-order valence-corrected chi connectivity index (χ0v) is 12.1. The second-order valence-electron chi connectivity index (χ2n) is 4.95. The molecule has 1 aliphatic heterocycles. The van der Waals surface area contributed by atoms with Crippen LogP contribution in [-0.4, -0.2) is 47.8 Å². The van der Waals surface area contributed by atoms with Crippen molar-refractivity contribution in [2.45, 2.75) is 38.0 Å². The number of halogens is 1. The molecule has 6 nitrogen and oxygen atoms in total. The van der Waals surface area contributed by atoms with Crippen LogP contribution in [-0.2, 0) is 10.0 Å². The largest absolute Gasteiger partial charge is 0.372 e. The fraction of sp³-hybridized carbons (Fsp3) is 0.700. The Kier molecular flexibility index (Phi) is 4.77. The van der Waals surface area contributed by atoms with Crippen LogP contribution in [0, 0.1) is 0 Å². The first-order valence-corrected chi connectivity index (χ1v) is 7.50. The first-order chi connectivity index (χ1) is 8.17. The van der Waals surface area contributed by atoms with Gasteiger partial charge in [-0.15, -0.1) is 11.6 Å². The Morgan fingerprint density at radius 3 is 2.67 bits per heavy atom. The molecule has 0 fully saturated rings. The SMILES string of the molecule is CC(C)(C)NS(=O)(=O)C1N=CC=CN1C(O)CCl. The van der Waals surface area contributed by atoms with E-state index in [1.807, 2.05) is 0 Å². The van der Waals surface area contributed by atoms with E-state index in [1.54, 1.807) is 26.8 Å². The van der Waals surface area contributed by atoms with Crippen LogP contribution in [0.4, 0.5) is 0 Å². The molecule has 1 rings (SSSR count). The van der Waals surface area contributed by atoms with Gasteiger partial charge in [-0.1, -0.05) is 0 Å². The van der Waals surface area contributed by atoms with Gasteiger partial charge >= 0.3 is 0 Å². The summed E-state index contributed by atoms with van der Waals surface area (Å²) in [6.07, 6.45) is 3.26. The average molecular weight is 296 g/mol. The van der Waals surface area contributed by atoms with Crippen molar-refractivity contribution in [3.05, 3.63) is 12.3 Å². The summed E-state index contributed by atoms with van der Waals surface area (Å²) >= 11 is 5.54. The molecule has 1 aliphatic rings. The van der Waals surface area contributed by atoms with Crippen LogP contribution in [0.3, 0.4) is 0 Å². The number of hydrogen-bond acceptors (Lipinski definition) is 5. The van der Waals surface area contributed by atoms with E-state index in [9.17, 15) is 13.5 Å². The van der Waals surface area contributed by atoms with Crippen molar-refractivity contribution in [1.82, 2.24) is 9.62 Å². The molecule has 0 spiro atoms. The lowest BCUT2D eigenvalue weighted by molar-refractivity contribution is 0.0482. The van der Waals surface area contributed by atoms with E-state index in [2.05, 4.69) is 9.71 Å². The zero-order chi connectivity index (χ0) is 14.0. The highest BCUT2D eigenvalue weighted by Gasteiger charge is 2.35. The van der Waals surface area contributed by atoms with Gasteiger partial charge in [0.1, 0.15) is 6.23 Å². The summed E-state index contributed by atoms with van der Waals surface area (Å²) in [5, 5.41) is 9.69. The molecule has 8 heteroatoms. The van der Waals surface area contributed by atoms with Crippen molar-refractivity contribution < 1.29 is 13.5 Å². The molecule has 1 heterocycles. The van der Waals surface area contributed by atoms with E-state index >= 15 is 0 Å². The van der Waals surface area contributed by atoms with Crippen LogP contribution >= 0.6 is 11.6 Å². The van der Waals surface area contributed by atoms with Gasteiger partial charge < -0.3 is 10.0 Å². The predicted octanol–water partition coefficient (Wildman–Crippen LogP) is 0.445. The lowest BCUT2D eigenvalue weighted by Gasteiger charge is -2.34. The lowest BCUT2D eigenvalue weighted by atomic mass is 10.1. The maximum absolute atomic E-state index is 12.2. The molecular weight excluding hydrogens is 278 g/mol. The van der Waals surface area contributed by atoms with Crippen molar-refractivity contribution in [2.75, 3.05) is 5.88 Å². The maximum atomic E-state index is 12.2. The Hall–Kier alpha value is -0.630. The maximum Gasteiger partial charge on any atom is 0.254 e. The molecule has 2 unspecified atom stereocenters. The van der Waals surface area contributed by atoms with E-state index in [1.165, 1.54) is 17.3 Å². The molecule has 0 aromatic rings. The molecule has 18 heavy (non-hydrogen) atoms. The van der Waals surface area contributed by atoms with E-state index in [4.69, 9.17) is 11.6 Å². The summed E-state index contributed by atoms with van der Waals surface area (Å²) in [5.74, 6) is -0.110. The van der Waals surface area contributed by atoms with Gasteiger partial charge in [0, 0.05) is 18.0 Å². The minimum atomic E-state index is -3.74. The van der Waals surface area contributed by atoms with Crippen LogP contribution in [0.5, 0.6) is 0 Å². The summed E-state index contributed by atoms with van der Waals surface area (Å²) in [7, 11) is -3.74. The van der Waals surface area contributed by atoms with Crippen molar-refractivity contribution >= 4 is 27.8 Å². The Morgan fingerprint density at radius 2 is 2.17 bits per heavy atom. The summed E-state index contributed by atoms with van der Waals surface area (Å²) in [4.78, 5) is 5.08. The third-order valence-electron chi connectivity index (χ3n) is 2.02. The van der Waals surface area contributed by atoms with Crippen molar-refractivity contribution in [3.63, 3.8) is 0 Å². The second-order valence-corrected chi connectivity index (χ2v) is 6.97. The van der Waals surface area contributed by atoms with Crippen molar-refractivity contribution in [2.24, 2.45) is 4.99 Å². The van der Waals surface area contributed by atoms with Gasteiger partial charge in [0.15, 0.2) is 0 Å². The minimum Gasteiger partial charge on any atom is -0.372 e. The Bertz CT molecular complexity index is 442. The number of aliphatic imine (C=N–C) groups is 1. The number of sulfonamides is 1. The number of aliphatic hydroxyl groups excluding tert-OH is 1. The molecule has 0 saturated carbocycles. The third kappa shape index (κ3) is 3.94. The smallest absolute Gasteiger partial charge is 0.254 e.